The van der Waals surface area contributed by atoms with Crippen molar-refractivity contribution in [1.29, 1.82) is 0 Å². The van der Waals surface area contributed by atoms with Crippen molar-refractivity contribution >= 4 is 17.5 Å². The first-order chi connectivity index (χ1) is 9.13. The van der Waals surface area contributed by atoms with Gasteiger partial charge in [-0.15, -0.1) is 11.6 Å². The maximum Gasteiger partial charge on any atom is 0.259 e. The molecule has 1 heterocycles. The van der Waals surface area contributed by atoms with E-state index in [2.05, 4.69) is 0 Å². The highest BCUT2D eigenvalue weighted by molar-refractivity contribution is 6.17. The van der Waals surface area contributed by atoms with Gasteiger partial charge in [-0.3, -0.25) is 4.79 Å². The lowest BCUT2D eigenvalue weighted by atomic mass is 9.95. The van der Waals surface area contributed by atoms with Gasteiger partial charge in [0, 0.05) is 19.0 Å². The smallest absolute Gasteiger partial charge is 0.259 e. The SMILES string of the molecule is O=C(c1c(F)cccc1F)N1CCCC(CCCl)C1. The van der Waals surface area contributed by atoms with Crippen molar-refractivity contribution in [1.82, 2.24) is 4.90 Å². The average molecular weight is 288 g/mol. The average Bonchev–Trinajstić information content (AvgIpc) is 2.39. The van der Waals surface area contributed by atoms with E-state index in [0.29, 0.717) is 24.9 Å². The summed E-state index contributed by atoms with van der Waals surface area (Å²) in [6.45, 7) is 1.07. The molecule has 0 saturated carbocycles. The molecule has 5 heteroatoms. The minimum absolute atomic E-state index is 0.324. The molecule has 2 rings (SSSR count). The van der Waals surface area contributed by atoms with Crippen molar-refractivity contribution in [2.24, 2.45) is 5.92 Å². The van der Waals surface area contributed by atoms with Crippen molar-refractivity contribution in [3.63, 3.8) is 0 Å². The molecule has 1 amide bonds. The van der Waals surface area contributed by atoms with Gasteiger partial charge in [0.1, 0.15) is 17.2 Å². The normalized spacial score (nSPS) is 19.5. The van der Waals surface area contributed by atoms with Crippen LogP contribution in [0.25, 0.3) is 0 Å². The maximum absolute atomic E-state index is 13.6. The van der Waals surface area contributed by atoms with Crippen molar-refractivity contribution in [3.8, 4) is 0 Å². The zero-order valence-electron chi connectivity index (χ0n) is 10.5. The summed E-state index contributed by atoms with van der Waals surface area (Å²) >= 11 is 5.71. The third-order valence-corrected chi connectivity index (χ3v) is 3.72. The lowest BCUT2D eigenvalue weighted by Gasteiger charge is -2.32. The summed E-state index contributed by atoms with van der Waals surface area (Å²) in [4.78, 5) is 13.7. The Morgan fingerprint density at radius 1 is 1.37 bits per heavy atom. The van der Waals surface area contributed by atoms with E-state index in [4.69, 9.17) is 11.6 Å². The molecule has 2 nitrogen and oxygen atoms in total. The predicted molar refractivity (Wildman–Crippen MR) is 70.3 cm³/mol. The van der Waals surface area contributed by atoms with E-state index in [1.807, 2.05) is 0 Å². The number of nitrogens with zero attached hydrogens (tertiary/aromatic N) is 1. The van der Waals surface area contributed by atoms with Gasteiger partial charge in [0.15, 0.2) is 0 Å². The van der Waals surface area contributed by atoms with Crippen LogP contribution in [0.4, 0.5) is 8.78 Å². The van der Waals surface area contributed by atoms with Crippen LogP contribution in [-0.2, 0) is 0 Å². The lowest BCUT2D eigenvalue weighted by molar-refractivity contribution is 0.0661. The third kappa shape index (κ3) is 3.24. The van der Waals surface area contributed by atoms with Crippen LogP contribution in [0.1, 0.15) is 29.6 Å². The molecule has 104 valence electrons. The molecule has 0 aromatic heterocycles. The molecule has 1 aliphatic heterocycles. The van der Waals surface area contributed by atoms with E-state index in [1.54, 1.807) is 0 Å². The van der Waals surface area contributed by atoms with Gasteiger partial charge in [0.25, 0.3) is 5.91 Å². The van der Waals surface area contributed by atoms with Crippen LogP contribution in [0.15, 0.2) is 18.2 Å². The third-order valence-electron chi connectivity index (χ3n) is 3.50. The highest BCUT2D eigenvalue weighted by Gasteiger charge is 2.27. The second-order valence-electron chi connectivity index (χ2n) is 4.83. The van der Waals surface area contributed by atoms with Gasteiger partial charge in [-0.1, -0.05) is 6.07 Å². The fraction of sp³-hybridized carbons (Fsp3) is 0.500. The summed E-state index contributed by atoms with van der Waals surface area (Å²) in [5, 5.41) is 0. The second-order valence-corrected chi connectivity index (χ2v) is 5.21. The van der Waals surface area contributed by atoms with Crippen LogP contribution in [0.2, 0.25) is 0 Å². The molecular weight excluding hydrogens is 272 g/mol. The van der Waals surface area contributed by atoms with E-state index in [-0.39, 0.29) is 0 Å². The Balaban J connectivity index is 2.15. The number of likely N-dealkylation sites (tertiary alicyclic amines) is 1. The Kier molecular flexibility index (Phi) is 4.75. The molecule has 1 atom stereocenters. The van der Waals surface area contributed by atoms with E-state index in [0.717, 1.165) is 31.4 Å². The Labute approximate surface area is 116 Å². The molecule has 0 bridgehead atoms. The molecule has 19 heavy (non-hydrogen) atoms. The molecule has 0 spiro atoms. The Hall–Kier alpha value is -1.16. The number of carbonyl (C=O) groups is 1. The van der Waals surface area contributed by atoms with Gasteiger partial charge in [-0.2, -0.15) is 0 Å². The number of hydrogen-bond acceptors (Lipinski definition) is 1. The summed E-state index contributed by atoms with van der Waals surface area (Å²) in [5.74, 6) is -1.30. The number of halogens is 3. The Bertz CT molecular complexity index is 445. The molecular formula is C14H16ClF2NO. The molecule has 1 fully saturated rings. The largest absolute Gasteiger partial charge is 0.338 e. The Morgan fingerprint density at radius 2 is 2.05 bits per heavy atom. The second kappa shape index (κ2) is 6.33. The van der Waals surface area contributed by atoms with Crippen molar-refractivity contribution in [2.75, 3.05) is 19.0 Å². The van der Waals surface area contributed by atoms with E-state index >= 15 is 0 Å². The van der Waals surface area contributed by atoms with Crippen molar-refractivity contribution in [3.05, 3.63) is 35.4 Å². The maximum atomic E-state index is 13.6. The molecule has 1 unspecified atom stereocenters. The van der Waals surface area contributed by atoms with Gasteiger partial charge < -0.3 is 4.90 Å². The molecule has 1 aliphatic rings. The summed E-state index contributed by atoms with van der Waals surface area (Å²) in [6.07, 6.45) is 2.69. The van der Waals surface area contributed by atoms with Gasteiger partial charge in [-0.25, -0.2) is 8.78 Å². The number of benzene rings is 1. The Morgan fingerprint density at radius 3 is 2.68 bits per heavy atom. The zero-order chi connectivity index (χ0) is 13.8. The van der Waals surface area contributed by atoms with Crippen LogP contribution < -0.4 is 0 Å². The fourth-order valence-corrected chi connectivity index (χ4v) is 2.81. The van der Waals surface area contributed by atoms with Crippen LogP contribution in [0, 0.1) is 17.6 Å². The molecule has 0 aliphatic carbocycles. The fourth-order valence-electron chi connectivity index (χ4n) is 2.50. The number of carbonyl (C=O) groups excluding carboxylic acids is 1. The van der Waals surface area contributed by atoms with Crippen LogP contribution in [0.3, 0.4) is 0 Å². The number of piperidine rings is 1. The molecule has 0 N–H and O–H groups in total. The topological polar surface area (TPSA) is 20.3 Å². The summed E-state index contributed by atoms with van der Waals surface area (Å²) < 4.78 is 27.2. The summed E-state index contributed by atoms with van der Waals surface area (Å²) in [5.41, 5.74) is -0.450. The number of hydrogen-bond donors (Lipinski definition) is 0. The molecule has 1 aromatic carbocycles. The van der Waals surface area contributed by atoms with E-state index < -0.39 is 23.1 Å². The van der Waals surface area contributed by atoms with Gasteiger partial charge in [-0.05, 0) is 37.3 Å². The van der Waals surface area contributed by atoms with Crippen LogP contribution in [-0.4, -0.2) is 29.8 Å². The van der Waals surface area contributed by atoms with Crippen molar-refractivity contribution < 1.29 is 13.6 Å². The number of rotatable bonds is 3. The lowest BCUT2D eigenvalue weighted by Crippen LogP contribution is -2.40. The molecule has 1 saturated heterocycles. The van der Waals surface area contributed by atoms with Crippen molar-refractivity contribution in [2.45, 2.75) is 19.3 Å². The number of amides is 1. The highest BCUT2D eigenvalue weighted by Crippen LogP contribution is 2.23. The number of alkyl halides is 1. The first-order valence-corrected chi connectivity index (χ1v) is 6.96. The standard InChI is InChI=1S/C14H16ClF2NO/c15-7-6-10-3-2-8-18(9-10)14(19)13-11(16)4-1-5-12(13)17/h1,4-5,10H,2-3,6-9H2. The minimum atomic E-state index is -0.801. The van der Waals surface area contributed by atoms with E-state index in [9.17, 15) is 13.6 Å². The summed E-state index contributed by atoms with van der Waals surface area (Å²) in [6, 6.07) is 3.47. The first-order valence-electron chi connectivity index (χ1n) is 6.42. The summed E-state index contributed by atoms with van der Waals surface area (Å²) in [7, 11) is 0. The van der Waals surface area contributed by atoms with Gasteiger partial charge in [0.05, 0.1) is 0 Å². The first kappa shape index (κ1) is 14.3. The predicted octanol–water partition coefficient (Wildman–Crippen LogP) is 3.45. The monoisotopic (exact) mass is 287 g/mol. The van der Waals surface area contributed by atoms with Gasteiger partial charge in [0.2, 0.25) is 0 Å². The minimum Gasteiger partial charge on any atom is -0.338 e. The molecule has 1 aromatic rings. The van der Waals surface area contributed by atoms with Crippen LogP contribution >= 0.6 is 11.6 Å². The quantitative estimate of drug-likeness (QED) is 0.780. The molecule has 0 radical (unpaired) electrons. The van der Waals surface area contributed by atoms with Gasteiger partial charge >= 0.3 is 0 Å². The van der Waals surface area contributed by atoms with E-state index in [1.165, 1.54) is 11.0 Å². The highest BCUT2D eigenvalue weighted by atomic mass is 35.5. The van der Waals surface area contributed by atoms with Crippen LogP contribution in [0.5, 0.6) is 0 Å². The zero-order valence-corrected chi connectivity index (χ0v) is 11.3.